The molecule has 0 saturated carbocycles. The van der Waals surface area contributed by atoms with Gasteiger partial charge < -0.3 is 11.1 Å². The first-order valence-electron chi connectivity index (χ1n) is 5.48. The lowest BCUT2D eigenvalue weighted by atomic mass is 10.2. The van der Waals surface area contributed by atoms with Crippen molar-refractivity contribution in [2.24, 2.45) is 5.73 Å². The Balaban J connectivity index is 2.72. The fraction of sp³-hybridized carbons (Fsp3) is 0.364. The maximum Gasteiger partial charge on any atom is 0.270 e. The molecule has 1 amide bonds. The highest BCUT2D eigenvalue weighted by atomic mass is 35.5. The van der Waals surface area contributed by atoms with Gasteiger partial charge in [-0.05, 0) is 25.5 Å². The maximum absolute atomic E-state index is 11.8. The molecule has 0 unspecified atom stereocenters. The Morgan fingerprint density at radius 1 is 1.44 bits per heavy atom. The van der Waals surface area contributed by atoms with Crippen LogP contribution in [0.4, 0.5) is 5.69 Å². The van der Waals surface area contributed by atoms with E-state index in [1.807, 2.05) is 0 Å². The molecule has 3 N–H and O–H groups in total. The molecule has 1 aromatic carbocycles. The van der Waals surface area contributed by atoms with Gasteiger partial charge in [0.25, 0.3) is 11.6 Å². The summed E-state index contributed by atoms with van der Waals surface area (Å²) in [4.78, 5) is 21.8. The fourth-order valence-electron chi connectivity index (χ4n) is 1.37. The Morgan fingerprint density at radius 3 is 2.78 bits per heavy atom. The molecule has 0 aliphatic heterocycles. The van der Waals surface area contributed by atoms with Gasteiger partial charge in [-0.1, -0.05) is 11.6 Å². The van der Waals surface area contributed by atoms with Gasteiger partial charge in [-0.15, -0.1) is 0 Å². The molecule has 6 nitrogen and oxygen atoms in total. The lowest BCUT2D eigenvalue weighted by Gasteiger charge is -2.06. The van der Waals surface area contributed by atoms with Crippen molar-refractivity contribution < 1.29 is 9.72 Å². The van der Waals surface area contributed by atoms with E-state index in [1.165, 1.54) is 18.2 Å². The van der Waals surface area contributed by atoms with E-state index in [1.54, 1.807) is 0 Å². The average Bonchev–Trinajstić information content (AvgIpc) is 2.34. The quantitative estimate of drug-likeness (QED) is 0.467. The van der Waals surface area contributed by atoms with E-state index in [2.05, 4.69) is 5.32 Å². The van der Waals surface area contributed by atoms with Crippen molar-refractivity contribution in [3.05, 3.63) is 38.9 Å². The molecule has 0 aliphatic rings. The highest BCUT2D eigenvalue weighted by molar-refractivity contribution is 6.33. The number of nitrogens with two attached hydrogens (primary N) is 1. The fourth-order valence-corrected chi connectivity index (χ4v) is 1.57. The van der Waals surface area contributed by atoms with Crippen LogP contribution in [0.3, 0.4) is 0 Å². The molecule has 1 aromatic rings. The summed E-state index contributed by atoms with van der Waals surface area (Å²) < 4.78 is 0. The van der Waals surface area contributed by atoms with Gasteiger partial charge in [-0.3, -0.25) is 14.9 Å². The van der Waals surface area contributed by atoms with E-state index in [4.69, 9.17) is 17.3 Å². The largest absolute Gasteiger partial charge is 0.352 e. The second kappa shape index (κ2) is 6.93. The highest BCUT2D eigenvalue weighted by Gasteiger charge is 2.15. The molecule has 0 atom stereocenters. The number of nitro benzene ring substituents is 1. The Morgan fingerprint density at radius 2 is 2.17 bits per heavy atom. The van der Waals surface area contributed by atoms with Crippen LogP contribution in [-0.2, 0) is 0 Å². The first-order valence-corrected chi connectivity index (χ1v) is 5.86. The normalized spacial score (nSPS) is 10.1. The van der Waals surface area contributed by atoms with Crippen LogP contribution in [0, 0.1) is 10.1 Å². The molecule has 0 aromatic heterocycles. The molecule has 1 rings (SSSR count). The summed E-state index contributed by atoms with van der Waals surface area (Å²) in [5.41, 5.74) is 5.27. The van der Waals surface area contributed by atoms with Gasteiger partial charge in [-0.2, -0.15) is 0 Å². The van der Waals surface area contributed by atoms with Gasteiger partial charge in [0.05, 0.1) is 15.5 Å². The lowest BCUT2D eigenvalue weighted by molar-refractivity contribution is -0.384. The summed E-state index contributed by atoms with van der Waals surface area (Å²) in [6, 6.07) is 3.77. The minimum Gasteiger partial charge on any atom is -0.352 e. The van der Waals surface area contributed by atoms with E-state index in [0.717, 1.165) is 12.8 Å². The molecule has 0 bridgehead atoms. The number of benzene rings is 1. The molecule has 98 valence electrons. The molecular formula is C11H14ClN3O3. The summed E-state index contributed by atoms with van der Waals surface area (Å²) in [5, 5.41) is 13.4. The predicted octanol–water partition coefficient (Wildman–Crippen LogP) is 1.72. The molecule has 7 heteroatoms. The van der Waals surface area contributed by atoms with Crippen molar-refractivity contribution in [3.63, 3.8) is 0 Å². The Bertz CT molecular complexity index is 451. The topological polar surface area (TPSA) is 98.3 Å². The van der Waals surface area contributed by atoms with Crippen LogP contribution in [0.1, 0.15) is 23.2 Å². The number of carbonyl (C=O) groups is 1. The zero-order valence-corrected chi connectivity index (χ0v) is 10.4. The number of rotatable bonds is 6. The third kappa shape index (κ3) is 3.97. The van der Waals surface area contributed by atoms with Gasteiger partial charge in [0.1, 0.15) is 0 Å². The van der Waals surface area contributed by atoms with Gasteiger partial charge in [0.15, 0.2) is 0 Å². The molecule has 0 aliphatic carbocycles. The summed E-state index contributed by atoms with van der Waals surface area (Å²) >= 11 is 5.83. The molecule has 0 spiro atoms. The number of non-ortho nitro benzene ring substituents is 1. The number of hydrogen-bond donors (Lipinski definition) is 2. The third-order valence-electron chi connectivity index (χ3n) is 2.32. The molecule has 18 heavy (non-hydrogen) atoms. The standard InChI is InChI=1S/C11H14ClN3O3/c12-10-4-3-8(15(17)18)7-9(10)11(16)14-6-2-1-5-13/h3-4,7H,1-2,5-6,13H2,(H,14,16). The minimum atomic E-state index is -0.568. The van der Waals surface area contributed by atoms with Crippen LogP contribution in [0.2, 0.25) is 5.02 Å². The number of hydrogen-bond acceptors (Lipinski definition) is 4. The highest BCUT2D eigenvalue weighted by Crippen LogP contribution is 2.21. The predicted molar refractivity (Wildman–Crippen MR) is 68.7 cm³/mol. The Hall–Kier alpha value is -1.66. The van der Waals surface area contributed by atoms with Crippen LogP contribution in [0.15, 0.2) is 18.2 Å². The molecule has 0 radical (unpaired) electrons. The molecular weight excluding hydrogens is 258 g/mol. The lowest BCUT2D eigenvalue weighted by Crippen LogP contribution is -2.25. The van der Waals surface area contributed by atoms with E-state index in [0.29, 0.717) is 13.1 Å². The number of nitrogens with zero attached hydrogens (tertiary/aromatic N) is 1. The summed E-state index contributed by atoms with van der Waals surface area (Å²) in [5.74, 6) is -0.416. The van der Waals surface area contributed by atoms with Crippen molar-refractivity contribution in [1.82, 2.24) is 5.32 Å². The van der Waals surface area contributed by atoms with Crippen LogP contribution in [0.5, 0.6) is 0 Å². The number of nitrogens with one attached hydrogen (secondary N) is 1. The monoisotopic (exact) mass is 271 g/mol. The molecule has 0 heterocycles. The number of nitro groups is 1. The van der Waals surface area contributed by atoms with Crippen LogP contribution in [0.25, 0.3) is 0 Å². The maximum atomic E-state index is 11.8. The van der Waals surface area contributed by atoms with Gasteiger partial charge in [0, 0.05) is 18.7 Å². The van der Waals surface area contributed by atoms with Crippen LogP contribution >= 0.6 is 11.6 Å². The molecule has 0 fully saturated rings. The summed E-state index contributed by atoms with van der Waals surface area (Å²) in [6.45, 7) is 1.03. The van der Waals surface area contributed by atoms with Crippen molar-refractivity contribution in [3.8, 4) is 0 Å². The van der Waals surface area contributed by atoms with E-state index < -0.39 is 10.8 Å². The van der Waals surface area contributed by atoms with Crippen molar-refractivity contribution >= 4 is 23.2 Å². The number of halogens is 1. The smallest absolute Gasteiger partial charge is 0.270 e. The number of amides is 1. The van der Waals surface area contributed by atoms with Crippen molar-refractivity contribution in [2.45, 2.75) is 12.8 Å². The average molecular weight is 272 g/mol. The van der Waals surface area contributed by atoms with Crippen molar-refractivity contribution in [2.75, 3.05) is 13.1 Å². The zero-order valence-electron chi connectivity index (χ0n) is 9.69. The second-order valence-electron chi connectivity index (χ2n) is 3.67. The summed E-state index contributed by atoms with van der Waals surface area (Å²) in [6.07, 6.45) is 1.57. The SMILES string of the molecule is NCCCCNC(=O)c1cc([N+](=O)[O-])ccc1Cl. The summed E-state index contributed by atoms with van der Waals surface area (Å²) in [7, 11) is 0. The Kier molecular flexibility index (Phi) is 5.54. The van der Waals surface area contributed by atoms with E-state index >= 15 is 0 Å². The van der Waals surface area contributed by atoms with Crippen LogP contribution in [-0.4, -0.2) is 23.9 Å². The molecule has 0 saturated heterocycles. The van der Waals surface area contributed by atoms with Crippen molar-refractivity contribution in [1.29, 1.82) is 0 Å². The first-order chi connectivity index (χ1) is 8.56. The van der Waals surface area contributed by atoms with Gasteiger partial charge in [0.2, 0.25) is 0 Å². The zero-order chi connectivity index (χ0) is 13.5. The van der Waals surface area contributed by atoms with E-state index in [-0.39, 0.29) is 16.3 Å². The minimum absolute atomic E-state index is 0.110. The Labute approximate surface area is 109 Å². The number of carbonyl (C=O) groups excluding carboxylic acids is 1. The second-order valence-corrected chi connectivity index (χ2v) is 4.08. The third-order valence-corrected chi connectivity index (χ3v) is 2.65. The van der Waals surface area contributed by atoms with E-state index in [9.17, 15) is 14.9 Å². The van der Waals surface area contributed by atoms with Gasteiger partial charge in [-0.25, -0.2) is 0 Å². The first kappa shape index (κ1) is 14.4. The van der Waals surface area contributed by atoms with Gasteiger partial charge >= 0.3 is 0 Å². The number of unbranched alkanes of at least 4 members (excludes halogenated alkanes) is 1. The van der Waals surface area contributed by atoms with Crippen LogP contribution < -0.4 is 11.1 Å².